The van der Waals surface area contributed by atoms with Crippen LogP contribution in [0.25, 0.3) is 0 Å². The van der Waals surface area contributed by atoms with Gasteiger partial charge in [-0.3, -0.25) is 14.4 Å². The van der Waals surface area contributed by atoms with Crippen molar-refractivity contribution >= 4 is 17.8 Å². The van der Waals surface area contributed by atoms with Crippen LogP contribution in [0.4, 0.5) is 0 Å². The van der Waals surface area contributed by atoms with Crippen LogP contribution in [-0.2, 0) is 19.1 Å². The Kier molecular flexibility index (Phi) is 6.23. The van der Waals surface area contributed by atoms with Gasteiger partial charge in [0.25, 0.3) is 0 Å². The Hall–Kier alpha value is -1.59. The van der Waals surface area contributed by atoms with E-state index in [4.69, 9.17) is 9.84 Å². The van der Waals surface area contributed by atoms with Crippen molar-refractivity contribution in [1.29, 1.82) is 0 Å². The van der Waals surface area contributed by atoms with E-state index >= 15 is 0 Å². The smallest absolute Gasteiger partial charge is 0.325 e. The summed E-state index contributed by atoms with van der Waals surface area (Å²) >= 11 is 0. The number of carboxylic acids is 1. The Labute approximate surface area is 101 Å². The highest BCUT2D eigenvalue weighted by molar-refractivity contribution is 5.97. The number of esters is 1. The molecule has 0 spiro atoms. The van der Waals surface area contributed by atoms with E-state index < -0.39 is 23.8 Å². The molecule has 0 aliphatic heterocycles. The summed E-state index contributed by atoms with van der Waals surface area (Å²) in [5, 5.41) is 8.76. The maximum atomic E-state index is 11.8. The summed E-state index contributed by atoms with van der Waals surface area (Å²) in [5.74, 6) is -3.48. The minimum Gasteiger partial charge on any atom is -0.481 e. The number of nitrogens with zero attached hydrogens (tertiary/aromatic N) is 1. The predicted octanol–water partition coefficient (Wildman–Crippen LogP) is 0.507. The second kappa shape index (κ2) is 6.88. The van der Waals surface area contributed by atoms with E-state index in [0.29, 0.717) is 0 Å². The standard InChI is InChI=1S/C11H19NO5/c1-5-17-9(13)6-12(7(2)3)10(14)8(4)11(15)16/h7-8H,5-6H2,1-4H3,(H,15,16). The summed E-state index contributed by atoms with van der Waals surface area (Å²) in [7, 11) is 0. The molecule has 0 heterocycles. The van der Waals surface area contributed by atoms with Crippen LogP contribution in [0.1, 0.15) is 27.7 Å². The fourth-order valence-corrected chi connectivity index (χ4v) is 1.22. The number of carbonyl (C=O) groups excluding carboxylic acids is 2. The van der Waals surface area contributed by atoms with Crippen molar-refractivity contribution in [3.8, 4) is 0 Å². The average Bonchev–Trinajstić information content (AvgIpc) is 2.23. The fourth-order valence-electron chi connectivity index (χ4n) is 1.22. The van der Waals surface area contributed by atoms with Crippen LogP contribution in [0.2, 0.25) is 0 Å². The summed E-state index contributed by atoms with van der Waals surface area (Å²) in [6.45, 7) is 6.40. The molecule has 0 aromatic carbocycles. The van der Waals surface area contributed by atoms with Gasteiger partial charge < -0.3 is 14.7 Å². The van der Waals surface area contributed by atoms with Crippen molar-refractivity contribution in [3.05, 3.63) is 0 Å². The number of hydrogen-bond acceptors (Lipinski definition) is 4. The van der Waals surface area contributed by atoms with Gasteiger partial charge >= 0.3 is 11.9 Å². The summed E-state index contributed by atoms with van der Waals surface area (Å²) in [5.41, 5.74) is 0. The van der Waals surface area contributed by atoms with Gasteiger partial charge in [-0.05, 0) is 27.7 Å². The SMILES string of the molecule is CCOC(=O)CN(C(=O)C(C)C(=O)O)C(C)C. The number of ether oxygens (including phenoxy) is 1. The second-order valence-corrected chi connectivity index (χ2v) is 3.92. The molecule has 0 rings (SSSR count). The van der Waals surface area contributed by atoms with Gasteiger partial charge in [0.15, 0.2) is 0 Å². The predicted molar refractivity (Wildman–Crippen MR) is 60.3 cm³/mol. The van der Waals surface area contributed by atoms with E-state index in [1.807, 2.05) is 0 Å². The van der Waals surface area contributed by atoms with Crippen LogP contribution in [0.3, 0.4) is 0 Å². The molecular weight excluding hydrogens is 226 g/mol. The summed E-state index contributed by atoms with van der Waals surface area (Å²) in [6, 6.07) is -0.256. The van der Waals surface area contributed by atoms with Gasteiger partial charge in [-0.2, -0.15) is 0 Å². The quantitative estimate of drug-likeness (QED) is 0.544. The lowest BCUT2D eigenvalue weighted by atomic mass is 10.1. The molecule has 0 aromatic rings. The Balaban J connectivity index is 4.69. The molecule has 0 bridgehead atoms. The molecule has 0 fully saturated rings. The van der Waals surface area contributed by atoms with Crippen LogP contribution < -0.4 is 0 Å². The third-order valence-corrected chi connectivity index (χ3v) is 2.25. The third kappa shape index (κ3) is 4.84. The molecule has 0 aliphatic rings. The molecule has 0 aliphatic carbocycles. The van der Waals surface area contributed by atoms with Crippen molar-refractivity contribution in [2.45, 2.75) is 33.7 Å². The Morgan fingerprint density at radius 1 is 1.24 bits per heavy atom. The monoisotopic (exact) mass is 245 g/mol. The van der Waals surface area contributed by atoms with E-state index in [9.17, 15) is 14.4 Å². The molecule has 1 amide bonds. The molecule has 6 heteroatoms. The number of carbonyl (C=O) groups is 3. The molecule has 17 heavy (non-hydrogen) atoms. The normalized spacial score (nSPS) is 12.1. The van der Waals surface area contributed by atoms with Crippen LogP contribution in [0.5, 0.6) is 0 Å². The fraction of sp³-hybridized carbons (Fsp3) is 0.727. The molecular formula is C11H19NO5. The number of rotatable bonds is 6. The highest BCUT2D eigenvalue weighted by atomic mass is 16.5. The minimum atomic E-state index is -1.20. The topological polar surface area (TPSA) is 83.9 Å². The maximum Gasteiger partial charge on any atom is 0.325 e. The van der Waals surface area contributed by atoms with Gasteiger partial charge in [0.2, 0.25) is 5.91 Å². The number of amides is 1. The highest BCUT2D eigenvalue weighted by Gasteiger charge is 2.29. The van der Waals surface area contributed by atoms with Crippen molar-refractivity contribution in [2.24, 2.45) is 5.92 Å². The van der Waals surface area contributed by atoms with E-state index in [0.717, 1.165) is 0 Å². The van der Waals surface area contributed by atoms with Crippen molar-refractivity contribution in [2.75, 3.05) is 13.2 Å². The maximum absolute atomic E-state index is 11.8. The van der Waals surface area contributed by atoms with Crippen LogP contribution in [0.15, 0.2) is 0 Å². The third-order valence-electron chi connectivity index (χ3n) is 2.25. The van der Waals surface area contributed by atoms with Crippen molar-refractivity contribution in [3.63, 3.8) is 0 Å². The molecule has 0 saturated carbocycles. The molecule has 0 radical (unpaired) electrons. The van der Waals surface area contributed by atoms with Crippen LogP contribution in [0, 0.1) is 5.92 Å². The Morgan fingerprint density at radius 3 is 2.12 bits per heavy atom. The molecule has 1 atom stereocenters. The zero-order valence-electron chi connectivity index (χ0n) is 10.6. The zero-order valence-corrected chi connectivity index (χ0v) is 10.6. The first-order valence-corrected chi connectivity index (χ1v) is 5.50. The Bertz CT molecular complexity index is 300. The van der Waals surface area contributed by atoms with Gasteiger partial charge in [-0.1, -0.05) is 0 Å². The lowest BCUT2D eigenvalue weighted by Crippen LogP contribution is -2.45. The number of carboxylic acid groups (broad SMARTS) is 1. The minimum absolute atomic E-state index is 0.220. The van der Waals surface area contributed by atoms with Gasteiger partial charge in [-0.25, -0.2) is 0 Å². The molecule has 6 nitrogen and oxygen atoms in total. The zero-order chi connectivity index (χ0) is 13.6. The van der Waals surface area contributed by atoms with Gasteiger partial charge in [0.1, 0.15) is 12.5 Å². The number of aliphatic carboxylic acids is 1. The van der Waals surface area contributed by atoms with Gasteiger partial charge in [0.05, 0.1) is 6.61 Å². The van der Waals surface area contributed by atoms with E-state index in [1.54, 1.807) is 20.8 Å². The van der Waals surface area contributed by atoms with Gasteiger partial charge in [-0.15, -0.1) is 0 Å². The molecule has 0 aromatic heterocycles. The summed E-state index contributed by atoms with van der Waals surface area (Å²) < 4.78 is 4.73. The van der Waals surface area contributed by atoms with Crippen molar-refractivity contribution in [1.82, 2.24) is 4.90 Å². The van der Waals surface area contributed by atoms with Crippen LogP contribution in [-0.4, -0.2) is 47.0 Å². The van der Waals surface area contributed by atoms with E-state index in [1.165, 1.54) is 11.8 Å². The lowest BCUT2D eigenvalue weighted by Gasteiger charge is -2.27. The Morgan fingerprint density at radius 2 is 1.76 bits per heavy atom. The van der Waals surface area contributed by atoms with Gasteiger partial charge in [0, 0.05) is 6.04 Å². The second-order valence-electron chi connectivity index (χ2n) is 3.92. The van der Waals surface area contributed by atoms with Crippen molar-refractivity contribution < 1.29 is 24.2 Å². The van der Waals surface area contributed by atoms with E-state index in [2.05, 4.69) is 0 Å². The summed E-state index contributed by atoms with van der Waals surface area (Å²) in [4.78, 5) is 35.0. The average molecular weight is 245 g/mol. The molecule has 1 N–H and O–H groups in total. The first-order valence-electron chi connectivity index (χ1n) is 5.50. The number of hydrogen-bond donors (Lipinski definition) is 1. The lowest BCUT2D eigenvalue weighted by molar-refractivity contribution is -0.156. The first-order chi connectivity index (χ1) is 7.81. The molecule has 1 unspecified atom stereocenters. The van der Waals surface area contributed by atoms with Crippen LogP contribution >= 0.6 is 0 Å². The first kappa shape index (κ1) is 15.4. The largest absolute Gasteiger partial charge is 0.481 e. The highest BCUT2D eigenvalue weighted by Crippen LogP contribution is 2.07. The molecule has 98 valence electrons. The van der Waals surface area contributed by atoms with E-state index in [-0.39, 0.29) is 19.2 Å². The summed E-state index contributed by atoms with van der Waals surface area (Å²) in [6.07, 6.45) is 0. The molecule has 0 saturated heterocycles.